The number of Topliss-reactive ketones (excluding diaryl/α,β-unsaturated/α-hetero) is 1. The summed E-state index contributed by atoms with van der Waals surface area (Å²) in [5.74, 6) is 1.83. The smallest absolute Gasteiger partial charge is 0.176 e. The van der Waals surface area contributed by atoms with Crippen LogP contribution in [-0.4, -0.2) is 31.0 Å². The minimum Gasteiger partial charge on any atom is -0.497 e. The van der Waals surface area contributed by atoms with E-state index in [9.17, 15) is 4.79 Å². The van der Waals surface area contributed by atoms with E-state index in [4.69, 9.17) is 9.47 Å². The van der Waals surface area contributed by atoms with E-state index < -0.39 is 0 Å². The van der Waals surface area contributed by atoms with Crippen molar-refractivity contribution in [2.45, 2.75) is 25.5 Å². The molecule has 100 valence electrons. The number of methoxy groups -OCH3 is 2. The molecule has 0 radical (unpaired) electrons. The van der Waals surface area contributed by atoms with Gasteiger partial charge in [-0.15, -0.1) is 0 Å². The third-order valence-electron chi connectivity index (χ3n) is 2.78. The number of hydrogen-bond donors (Lipinski definition) is 0. The fourth-order valence-electron chi connectivity index (χ4n) is 1.45. The van der Waals surface area contributed by atoms with E-state index in [-0.39, 0.29) is 5.78 Å². The van der Waals surface area contributed by atoms with Crippen LogP contribution in [0.4, 0.5) is 0 Å². The lowest BCUT2D eigenvalue weighted by atomic mass is 10.1. The Morgan fingerprint density at radius 1 is 1.33 bits per heavy atom. The average Bonchev–Trinajstić information content (AvgIpc) is 2.43. The summed E-state index contributed by atoms with van der Waals surface area (Å²) >= 11 is 1.67. The number of carbonyl (C=O) groups excluding carboxylic acids is 1. The Balaban J connectivity index is 2.82. The summed E-state index contributed by atoms with van der Waals surface area (Å²) in [5.41, 5.74) is 0.590. The first-order valence-electron chi connectivity index (χ1n) is 5.99. The van der Waals surface area contributed by atoms with Crippen molar-refractivity contribution < 1.29 is 14.3 Å². The van der Waals surface area contributed by atoms with Gasteiger partial charge in [0.25, 0.3) is 0 Å². The molecule has 18 heavy (non-hydrogen) atoms. The highest BCUT2D eigenvalue weighted by Gasteiger charge is 2.14. The van der Waals surface area contributed by atoms with Crippen molar-refractivity contribution in [3.63, 3.8) is 0 Å². The lowest BCUT2D eigenvalue weighted by Gasteiger charge is -2.11. The zero-order chi connectivity index (χ0) is 13.5. The first-order valence-corrected chi connectivity index (χ1v) is 7.04. The summed E-state index contributed by atoms with van der Waals surface area (Å²) in [7, 11) is 3.16. The first kappa shape index (κ1) is 14.9. The molecule has 1 aromatic carbocycles. The maximum atomic E-state index is 12.2. The van der Waals surface area contributed by atoms with E-state index in [1.165, 1.54) is 0 Å². The number of benzene rings is 1. The summed E-state index contributed by atoms with van der Waals surface area (Å²) in [5, 5.41) is 0.491. The number of ketones is 1. The Morgan fingerprint density at radius 3 is 2.61 bits per heavy atom. The van der Waals surface area contributed by atoms with Crippen LogP contribution in [0.15, 0.2) is 18.2 Å². The molecule has 3 nitrogen and oxygen atoms in total. The molecule has 1 atom stereocenters. The third-order valence-corrected chi connectivity index (χ3v) is 4.11. The number of rotatable bonds is 7. The van der Waals surface area contributed by atoms with Crippen molar-refractivity contribution >= 4 is 17.5 Å². The Morgan fingerprint density at radius 2 is 2.06 bits per heavy atom. The van der Waals surface area contributed by atoms with E-state index in [0.717, 1.165) is 6.42 Å². The second-order valence-electron chi connectivity index (χ2n) is 4.02. The zero-order valence-electron chi connectivity index (χ0n) is 11.4. The molecule has 1 aromatic rings. The average molecular weight is 268 g/mol. The van der Waals surface area contributed by atoms with Gasteiger partial charge in [0.2, 0.25) is 0 Å². The lowest BCUT2D eigenvalue weighted by Crippen LogP contribution is -2.08. The van der Waals surface area contributed by atoms with Crippen LogP contribution in [0.3, 0.4) is 0 Å². The van der Waals surface area contributed by atoms with E-state index in [1.54, 1.807) is 44.2 Å². The topological polar surface area (TPSA) is 35.5 Å². The van der Waals surface area contributed by atoms with Crippen LogP contribution in [0, 0.1) is 0 Å². The van der Waals surface area contributed by atoms with Gasteiger partial charge in [-0.3, -0.25) is 4.79 Å². The van der Waals surface area contributed by atoms with Gasteiger partial charge in [0, 0.05) is 5.25 Å². The van der Waals surface area contributed by atoms with Crippen LogP contribution in [-0.2, 0) is 0 Å². The van der Waals surface area contributed by atoms with Gasteiger partial charge in [-0.25, -0.2) is 0 Å². The van der Waals surface area contributed by atoms with Crippen molar-refractivity contribution in [1.29, 1.82) is 0 Å². The van der Waals surface area contributed by atoms with Crippen molar-refractivity contribution in [3.8, 4) is 11.5 Å². The van der Waals surface area contributed by atoms with Crippen LogP contribution < -0.4 is 9.47 Å². The standard InChI is InChI=1S/C14H20O3S/c1-5-10(2)18-9-13(15)12-8-11(16-3)6-7-14(12)17-4/h6-8,10H,5,9H2,1-4H3/t10-/m1/s1. The third kappa shape index (κ3) is 3.95. The van der Waals surface area contributed by atoms with Gasteiger partial charge < -0.3 is 9.47 Å². The Labute approximate surface area is 113 Å². The van der Waals surface area contributed by atoms with Gasteiger partial charge in [0.1, 0.15) is 11.5 Å². The fraction of sp³-hybridized carbons (Fsp3) is 0.500. The predicted molar refractivity (Wildman–Crippen MR) is 76.1 cm³/mol. The Hall–Kier alpha value is -1.16. The van der Waals surface area contributed by atoms with Gasteiger partial charge >= 0.3 is 0 Å². The molecule has 0 N–H and O–H groups in total. The maximum absolute atomic E-state index is 12.2. The molecule has 0 spiro atoms. The maximum Gasteiger partial charge on any atom is 0.176 e. The van der Waals surface area contributed by atoms with Crippen LogP contribution >= 0.6 is 11.8 Å². The van der Waals surface area contributed by atoms with Gasteiger partial charge in [-0.05, 0) is 24.6 Å². The monoisotopic (exact) mass is 268 g/mol. The molecule has 1 rings (SSSR count). The number of thioether (sulfide) groups is 1. The fourth-order valence-corrected chi connectivity index (χ4v) is 2.27. The molecule has 0 saturated heterocycles. The van der Waals surface area contributed by atoms with Gasteiger partial charge in [0.15, 0.2) is 5.78 Å². The van der Waals surface area contributed by atoms with Crippen LogP contribution in [0.2, 0.25) is 0 Å². The normalized spacial score (nSPS) is 12.0. The Kier molecular flexibility index (Phi) is 6.05. The van der Waals surface area contributed by atoms with Crippen molar-refractivity contribution in [2.75, 3.05) is 20.0 Å². The molecular weight excluding hydrogens is 248 g/mol. The zero-order valence-corrected chi connectivity index (χ0v) is 12.2. The largest absolute Gasteiger partial charge is 0.497 e. The van der Waals surface area contributed by atoms with Crippen molar-refractivity contribution in [3.05, 3.63) is 23.8 Å². The molecule has 0 bridgehead atoms. The van der Waals surface area contributed by atoms with Gasteiger partial charge in [-0.2, -0.15) is 11.8 Å². The Bertz CT molecular complexity index is 404. The minimum absolute atomic E-state index is 0.0797. The molecule has 0 fully saturated rings. The van der Waals surface area contributed by atoms with Crippen LogP contribution in [0.1, 0.15) is 30.6 Å². The lowest BCUT2D eigenvalue weighted by molar-refractivity contribution is 0.101. The molecule has 4 heteroatoms. The SMILES string of the molecule is CC[C@@H](C)SCC(=O)c1cc(OC)ccc1OC. The van der Waals surface area contributed by atoms with E-state index in [0.29, 0.717) is 28.1 Å². The number of hydrogen-bond acceptors (Lipinski definition) is 4. The second-order valence-corrected chi connectivity index (χ2v) is 5.45. The van der Waals surface area contributed by atoms with Crippen molar-refractivity contribution in [2.24, 2.45) is 0 Å². The molecule has 0 amide bonds. The van der Waals surface area contributed by atoms with Gasteiger partial charge in [0.05, 0.1) is 25.5 Å². The highest BCUT2D eigenvalue weighted by molar-refractivity contribution is 8.00. The molecule has 0 heterocycles. The molecule has 0 unspecified atom stereocenters. The van der Waals surface area contributed by atoms with E-state index in [1.807, 2.05) is 0 Å². The summed E-state index contributed by atoms with van der Waals surface area (Å²) in [6.45, 7) is 4.25. The highest BCUT2D eigenvalue weighted by Crippen LogP contribution is 2.26. The number of carbonyl (C=O) groups is 1. The van der Waals surface area contributed by atoms with Crippen LogP contribution in [0.5, 0.6) is 11.5 Å². The quantitative estimate of drug-likeness (QED) is 0.710. The summed E-state index contributed by atoms with van der Waals surface area (Å²) < 4.78 is 10.4. The molecular formula is C14H20O3S. The van der Waals surface area contributed by atoms with E-state index in [2.05, 4.69) is 13.8 Å². The summed E-state index contributed by atoms with van der Waals surface area (Å²) in [4.78, 5) is 12.2. The second kappa shape index (κ2) is 7.31. The first-order chi connectivity index (χ1) is 8.62. The molecule has 0 aliphatic heterocycles. The summed E-state index contributed by atoms with van der Waals surface area (Å²) in [6, 6.07) is 5.29. The molecule has 0 aromatic heterocycles. The van der Waals surface area contributed by atoms with Crippen molar-refractivity contribution in [1.82, 2.24) is 0 Å². The molecule has 0 aliphatic carbocycles. The molecule has 0 aliphatic rings. The predicted octanol–water partition coefficient (Wildman–Crippen LogP) is 3.42. The summed E-state index contributed by atoms with van der Waals surface area (Å²) in [6.07, 6.45) is 1.06. The minimum atomic E-state index is 0.0797. The van der Waals surface area contributed by atoms with E-state index >= 15 is 0 Å². The van der Waals surface area contributed by atoms with Gasteiger partial charge in [-0.1, -0.05) is 13.8 Å². The highest BCUT2D eigenvalue weighted by atomic mass is 32.2. The molecule has 0 saturated carbocycles. The number of ether oxygens (including phenoxy) is 2. The van der Waals surface area contributed by atoms with Crippen LogP contribution in [0.25, 0.3) is 0 Å².